The molecule has 0 aromatic carbocycles. The van der Waals surface area contributed by atoms with Gasteiger partial charge in [-0.15, -0.1) is 0 Å². The lowest BCUT2D eigenvalue weighted by atomic mass is 10.0. The molecule has 4 nitrogen and oxygen atoms in total. The third kappa shape index (κ3) is 3.58. The molecule has 15 heavy (non-hydrogen) atoms. The highest BCUT2D eigenvalue weighted by Crippen LogP contribution is 2.11. The standard InChI is InChI=1S/C11H16N2O2/c1-3-15-11(14)8(2)6-9-4-5-13-10(12)7-9/h4-5,7-8H,3,6H2,1-2H3,(H2,12,13). The van der Waals surface area contributed by atoms with Crippen LogP contribution in [-0.4, -0.2) is 17.6 Å². The van der Waals surface area contributed by atoms with Gasteiger partial charge < -0.3 is 10.5 Å². The van der Waals surface area contributed by atoms with Gasteiger partial charge in [0, 0.05) is 6.20 Å². The first-order valence-electron chi connectivity index (χ1n) is 5.00. The number of rotatable bonds is 4. The Morgan fingerprint density at radius 3 is 3.00 bits per heavy atom. The van der Waals surface area contributed by atoms with Crippen LogP contribution in [0.3, 0.4) is 0 Å². The highest BCUT2D eigenvalue weighted by atomic mass is 16.5. The number of carbonyl (C=O) groups excluding carboxylic acids is 1. The van der Waals surface area contributed by atoms with Crippen LogP contribution in [-0.2, 0) is 16.0 Å². The summed E-state index contributed by atoms with van der Waals surface area (Å²) in [5, 5.41) is 0. The summed E-state index contributed by atoms with van der Waals surface area (Å²) in [4.78, 5) is 15.3. The Hall–Kier alpha value is -1.58. The van der Waals surface area contributed by atoms with Gasteiger partial charge in [-0.1, -0.05) is 6.92 Å². The fourth-order valence-corrected chi connectivity index (χ4v) is 1.34. The summed E-state index contributed by atoms with van der Waals surface area (Å²) in [6.45, 7) is 4.06. The van der Waals surface area contributed by atoms with Gasteiger partial charge in [-0.25, -0.2) is 4.98 Å². The molecule has 82 valence electrons. The van der Waals surface area contributed by atoms with E-state index in [0.29, 0.717) is 18.8 Å². The predicted molar refractivity (Wildman–Crippen MR) is 58.2 cm³/mol. The molecular weight excluding hydrogens is 192 g/mol. The number of pyridine rings is 1. The highest BCUT2D eigenvalue weighted by molar-refractivity contribution is 5.72. The first-order valence-corrected chi connectivity index (χ1v) is 5.00. The highest BCUT2D eigenvalue weighted by Gasteiger charge is 2.14. The SMILES string of the molecule is CCOC(=O)C(C)Cc1ccnc(N)c1. The second-order valence-electron chi connectivity index (χ2n) is 3.45. The molecule has 1 aromatic rings. The van der Waals surface area contributed by atoms with Crippen LogP contribution in [0.5, 0.6) is 0 Å². The van der Waals surface area contributed by atoms with Gasteiger partial charge >= 0.3 is 5.97 Å². The number of hydrogen-bond acceptors (Lipinski definition) is 4. The quantitative estimate of drug-likeness (QED) is 0.760. The van der Waals surface area contributed by atoms with Gasteiger partial charge in [0.25, 0.3) is 0 Å². The third-order valence-electron chi connectivity index (χ3n) is 2.08. The van der Waals surface area contributed by atoms with Gasteiger partial charge in [0.05, 0.1) is 12.5 Å². The Labute approximate surface area is 89.5 Å². The molecule has 1 rings (SSSR count). The van der Waals surface area contributed by atoms with E-state index in [2.05, 4.69) is 4.98 Å². The van der Waals surface area contributed by atoms with Crippen LogP contribution in [0, 0.1) is 5.92 Å². The summed E-state index contributed by atoms with van der Waals surface area (Å²) >= 11 is 0. The monoisotopic (exact) mass is 208 g/mol. The van der Waals surface area contributed by atoms with E-state index in [0.717, 1.165) is 5.56 Å². The van der Waals surface area contributed by atoms with Crippen molar-refractivity contribution >= 4 is 11.8 Å². The molecule has 0 aliphatic rings. The first-order chi connectivity index (χ1) is 7.13. The minimum Gasteiger partial charge on any atom is -0.466 e. The summed E-state index contributed by atoms with van der Waals surface area (Å²) < 4.78 is 4.92. The van der Waals surface area contributed by atoms with Crippen molar-refractivity contribution in [2.45, 2.75) is 20.3 Å². The Kier molecular flexibility index (Phi) is 4.09. The largest absolute Gasteiger partial charge is 0.466 e. The van der Waals surface area contributed by atoms with Crippen LogP contribution in [0.4, 0.5) is 5.82 Å². The molecule has 0 bridgehead atoms. The van der Waals surface area contributed by atoms with E-state index in [-0.39, 0.29) is 11.9 Å². The van der Waals surface area contributed by atoms with Crippen molar-refractivity contribution in [1.29, 1.82) is 0 Å². The van der Waals surface area contributed by atoms with Gasteiger partial charge in [0.15, 0.2) is 0 Å². The average molecular weight is 208 g/mol. The third-order valence-corrected chi connectivity index (χ3v) is 2.08. The molecule has 0 aliphatic heterocycles. The minimum atomic E-state index is -0.173. The fraction of sp³-hybridized carbons (Fsp3) is 0.455. The van der Waals surface area contributed by atoms with Gasteiger partial charge in [0.1, 0.15) is 5.82 Å². The Balaban J connectivity index is 2.58. The molecule has 0 fully saturated rings. The maximum absolute atomic E-state index is 11.4. The number of anilines is 1. The summed E-state index contributed by atoms with van der Waals surface area (Å²) in [7, 11) is 0. The lowest BCUT2D eigenvalue weighted by Crippen LogP contribution is -2.17. The number of hydrogen-bond donors (Lipinski definition) is 1. The minimum absolute atomic E-state index is 0.147. The summed E-state index contributed by atoms with van der Waals surface area (Å²) in [6.07, 6.45) is 2.27. The smallest absolute Gasteiger partial charge is 0.308 e. The van der Waals surface area contributed by atoms with E-state index in [4.69, 9.17) is 10.5 Å². The average Bonchev–Trinajstić information content (AvgIpc) is 2.18. The number of esters is 1. The molecular formula is C11H16N2O2. The number of nitrogens with two attached hydrogens (primary N) is 1. The predicted octanol–water partition coefficient (Wildman–Crippen LogP) is 1.41. The molecule has 0 aliphatic carbocycles. The van der Waals surface area contributed by atoms with E-state index in [1.165, 1.54) is 0 Å². The molecule has 0 amide bonds. The van der Waals surface area contributed by atoms with Gasteiger partial charge in [-0.2, -0.15) is 0 Å². The zero-order valence-corrected chi connectivity index (χ0v) is 9.06. The van der Waals surface area contributed by atoms with Crippen LogP contribution < -0.4 is 5.73 Å². The van der Waals surface area contributed by atoms with Crippen molar-refractivity contribution in [3.8, 4) is 0 Å². The van der Waals surface area contributed by atoms with E-state index in [1.54, 1.807) is 19.2 Å². The van der Waals surface area contributed by atoms with Crippen LogP contribution in [0.2, 0.25) is 0 Å². The topological polar surface area (TPSA) is 65.2 Å². The maximum Gasteiger partial charge on any atom is 0.308 e. The second-order valence-corrected chi connectivity index (χ2v) is 3.45. The van der Waals surface area contributed by atoms with Gasteiger partial charge in [-0.3, -0.25) is 4.79 Å². The van der Waals surface area contributed by atoms with Crippen molar-refractivity contribution in [3.63, 3.8) is 0 Å². The van der Waals surface area contributed by atoms with E-state index >= 15 is 0 Å². The van der Waals surface area contributed by atoms with Crippen LogP contribution >= 0.6 is 0 Å². The number of aromatic nitrogens is 1. The first kappa shape index (κ1) is 11.5. The Morgan fingerprint density at radius 1 is 1.67 bits per heavy atom. The lowest BCUT2D eigenvalue weighted by molar-refractivity contribution is -0.147. The van der Waals surface area contributed by atoms with Crippen molar-refractivity contribution in [2.75, 3.05) is 12.3 Å². The van der Waals surface area contributed by atoms with E-state index in [1.807, 2.05) is 13.0 Å². The molecule has 4 heteroatoms. The lowest BCUT2D eigenvalue weighted by Gasteiger charge is -2.10. The molecule has 1 aromatic heterocycles. The summed E-state index contributed by atoms with van der Waals surface area (Å²) in [5.41, 5.74) is 6.54. The van der Waals surface area contributed by atoms with E-state index in [9.17, 15) is 4.79 Å². The van der Waals surface area contributed by atoms with Crippen LogP contribution in [0.25, 0.3) is 0 Å². The fourth-order valence-electron chi connectivity index (χ4n) is 1.34. The van der Waals surface area contributed by atoms with Crippen LogP contribution in [0.15, 0.2) is 18.3 Å². The Bertz CT molecular complexity index is 339. The number of nitrogens with zero attached hydrogens (tertiary/aromatic N) is 1. The summed E-state index contributed by atoms with van der Waals surface area (Å²) in [6, 6.07) is 3.63. The van der Waals surface area contributed by atoms with E-state index < -0.39 is 0 Å². The molecule has 2 N–H and O–H groups in total. The number of carbonyl (C=O) groups is 1. The van der Waals surface area contributed by atoms with Crippen molar-refractivity contribution in [1.82, 2.24) is 4.98 Å². The Morgan fingerprint density at radius 2 is 2.40 bits per heavy atom. The molecule has 1 heterocycles. The van der Waals surface area contributed by atoms with Gasteiger partial charge in [0.2, 0.25) is 0 Å². The molecule has 1 atom stereocenters. The maximum atomic E-state index is 11.4. The molecule has 0 saturated carbocycles. The second kappa shape index (κ2) is 5.34. The normalized spacial score (nSPS) is 12.1. The van der Waals surface area contributed by atoms with Gasteiger partial charge in [-0.05, 0) is 31.0 Å². The number of nitrogen functional groups attached to an aromatic ring is 1. The van der Waals surface area contributed by atoms with Crippen LogP contribution in [0.1, 0.15) is 19.4 Å². The molecule has 0 spiro atoms. The zero-order chi connectivity index (χ0) is 11.3. The molecule has 0 saturated heterocycles. The van der Waals surface area contributed by atoms with Crippen molar-refractivity contribution < 1.29 is 9.53 Å². The molecule has 0 radical (unpaired) electrons. The van der Waals surface area contributed by atoms with Crippen molar-refractivity contribution in [2.24, 2.45) is 5.92 Å². The number of ether oxygens (including phenoxy) is 1. The van der Waals surface area contributed by atoms with Crippen molar-refractivity contribution in [3.05, 3.63) is 23.9 Å². The zero-order valence-electron chi connectivity index (χ0n) is 9.06. The summed E-state index contributed by atoms with van der Waals surface area (Å²) in [5.74, 6) is 0.156. The molecule has 1 unspecified atom stereocenters.